The second-order valence-corrected chi connectivity index (χ2v) is 11.3. The molecule has 1 saturated carbocycles. The number of unbranched alkanes of at least 4 members (excludes halogenated alkanes) is 1. The van der Waals surface area contributed by atoms with Crippen molar-refractivity contribution in [3.05, 3.63) is 54.4 Å². The van der Waals surface area contributed by atoms with E-state index in [0.717, 1.165) is 32.1 Å². The van der Waals surface area contributed by atoms with Crippen LogP contribution >= 0.6 is 12.4 Å². The Labute approximate surface area is 232 Å². The summed E-state index contributed by atoms with van der Waals surface area (Å²) in [6.45, 7) is 5.32. The van der Waals surface area contributed by atoms with Crippen molar-refractivity contribution in [3.8, 4) is 5.75 Å². The Morgan fingerprint density at radius 3 is 2.29 bits per heavy atom. The number of amides is 1. The molecule has 2 N–H and O–H groups in total. The summed E-state index contributed by atoms with van der Waals surface area (Å²) in [6.07, 6.45) is 8.77. The van der Waals surface area contributed by atoms with Gasteiger partial charge in [-0.2, -0.15) is 4.31 Å². The molecule has 1 aromatic heterocycles. The first-order chi connectivity index (χ1) is 17.9. The second-order valence-electron chi connectivity index (χ2n) is 9.41. The number of aromatic nitrogens is 1. The van der Waals surface area contributed by atoms with Crippen molar-refractivity contribution in [2.75, 3.05) is 13.2 Å². The van der Waals surface area contributed by atoms with Crippen LogP contribution in [0.25, 0.3) is 0 Å². The highest BCUT2D eigenvalue weighted by atomic mass is 35.5. The van der Waals surface area contributed by atoms with Crippen LogP contribution in [0.3, 0.4) is 0 Å². The van der Waals surface area contributed by atoms with Gasteiger partial charge in [0.2, 0.25) is 10.0 Å². The summed E-state index contributed by atoms with van der Waals surface area (Å²) in [7, 11) is -4.12. The molecule has 3 rings (SSSR count). The molecule has 11 heteroatoms. The molecule has 1 fully saturated rings. The molecule has 0 bridgehead atoms. The molecule has 0 radical (unpaired) electrons. The lowest BCUT2D eigenvalue weighted by Crippen LogP contribution is -2.53. The Morgan fingerprint density at radius 2 is 1.71 bits per heavy atom. The van der Waals surface area contributed by atoms with Gasteiger partial charge in [0.25, 0.3) is 5.91 Å². The minimum absolute atomic E-state index is 0. The SMILES string of the molecule is CCCCOc1ccc(S(=O)(=O)N(Cc2ccncc2)[C@@H](C(=O)NO)C2CCC(OCCC)CC2)cc1.Cl. The number of nitrogens with one attached hydrogen (secondary N) is 1. The summed E-state index contributed by atoms with van der Waals surface area (Å²) in [5, 5.41) is 9.62. The lowest BCUT2D eigenvalue weighted by atomic mass is 9.82. The van der Waals surface area contributed by atoms with Crippen LogP contribution in [-0.2, 0) is 26.1 Å². The molecule has 0 aliphatic heterocycles. The third-order valence-corrected chi connectivity index (χ3v) is 8.54. The van der Waals surface area contributed by atoms with Gasteiger partial charge in [-0.1, -0.05) is 20.3 Å². The van der Waals surface area contributed by atoms with Crippen LogP contribution in [0.2, 0.25) is 0 Å². The van der Waals surface area contributed by atoms with Crippen LogP contribution < -0.4 is 10.2 Å². The maximum absolute atomic E-state index is 14.0. The molecule has 1 amide bonds. The molecule has 1 aliphatic rings. The highest BCUT2D eigenvalue weighted by molar-refractivity contribution is 7.89. The Bertz CT molecular complexity index is 1060. The van der Waals surface area contributed by atoms with Crippen molar-refractivity contribution >= 4 is 28.3 Å². The number of hydrogen-bond donors (Lipinski definition) is 2. The van der Waals surface area contributed by atoms with E-state index in [1.807, 2.05) is 0 Å². The van der Waals surface area contributed by atoms with Crippen molar-refractivity contribution < 1.29 is 27.9 Å². The van der Waals surface area contributed by atoms with E-state index >= 15 is 0 Å². The average Bonchev–Trinajstić information content (AvgIpc) is 2.93. The van der Waals surface area contributed by atoms with Gasteiger partial charge in [-0.15, -0.1) is 12.4 Å². The van der Waals surface area contributed by atoms with E-state index in [0.29, 0.717) is 37.4 Å². The molecular weight excluding hydrogens is 530 g/mol. The molecule has 38 heavy (non-hydrogen) atoms. The molecule has 9 nitrogen and oxygen atoms in total. The fourth-order valence-corrected chi connectivity index (χ4v) is 6.32. The summed E-state index contributed by atoms with van der Waals surface area (Å²) >= 11 is 0. The number of halogens is 1. The molecule has 1 aliphatic carbocycles. The number of rotatable bonds is 14. The molecule has 0 spiro atoms. The maximum Gasteiger partial charge on any atom is 0.262 e. The average molecular weight is 570 g/mol. The molecular formula is C27H40ClN3O6S. The first-order valence-corrected chi connectivity index (χ1v) is 14.5. The van der Waals surface area contributed by atoms with Gasteiger partial charge in [-0.05, 0) is 86.4 Å². The quantitative estimate of drug-likeness (QED) is 0.192. The molecule has 2 aromatic rings. The number of carbonyl (C=O) groups is 1. The third-order valence-electron chi connectivity index (χ3n) is 6.70. The predicted molar refractivity (Wildman–Crippen MR) is 147 cm³/mol. The molecule has 1 heterocycles. The lowest BCUT2D eigenvalue weighted by Gasteiger charge is -2.38. The highest BCUT2D eigenvalue weighted by Gasteiger charge is 2.42. The van der Waals surface area contributed by atoms with Gasteiger partial charge in [-0.3, -0.25) is 15.0 Å². The minimum Gasteiger partial charge on any atom is -0.494 e. The summed E-state index contributed by atoms with van der Waals surface area (Å²) in [5.74, 6) is -0.430. The first kappa shape index (κ1) is 32.0. The number of carbonyl (C=O) groups excluding carboxylic acids is 1. The van der Waals surface area contributed by atoms with Crippen LogP contribution in [0.15, 0.2) is 53.7 Å². The van der Waals surface area contributed by atoms with Crippen molar-refractivity contribution in [1.29, 1.82) is 0 Å². The van der Waals surface area contributed by atoms with E-state index in [2.05, 4.69) is 18.8 Å². The summed E-state index contributed by atoms with van der Waals surface area (Å²) < 4.78 is 40.8. The van der Waals surface area contributed by atoms with Crippen molar-refractivity contribution in [1.82, 2.24) is 14.8 Å². The zero-order valence-corrected chi connectivity index (χ0v) is 23.8. The van der Waals surface area contributed by atoms with Gasteiger partial charge in [0.05, 0.1) is 17.6 Å². The van der Waals surface area contributed by atoms with E-state index in [-0.39, 0.29) is 35.9 Å². The molecule has 0 unspecified atom stereocenters. The van der Waals surface area contributed by atoms with Gasteiger partial charge < -0.3 is 9.47 Å². The Kier molecular flexibility index (Phi) is 13.5. The Morgan fingerprint density at radius 1 is 1.05 bits per heavy atom. The van der Waals surface area contributed by atoms with Gasteiger partial charge in [0.1, 0.15) is 11.8 Å². The smallest absolute Gasteiger partial charge is 0.262 e. The number of pyridine rings is 1. The number of benzene rings is 1. The van der Waals surface area contributed by atoms with E-state index in [4.69, 9.17) is 9.47 Å². The fraction of sp³-hybridized carbons (Fsp3) is 0.556. The van der Waals surface area contributed by atoms with Crippen LogP contribution in [0.1, 0.15) is 64.4 Å². The van der Waals surface area contributed by atoms with Crippen LogP contribution in [0, 0.1) is 5.92 Å². The molecule has 1 aromatic carbocycles. The zero-order valence-electron chi connectivity index (χ0n) is 22.1. The Balaban J connectivity index is 0.00000507. The number of nitrogens with zero attached hydrogens (tertiary/aromatic N) is 2. The summed E-state index contributed by atoms with van der Waals surface area (Å²) in [4.78, 5) is 17.1. The largest absolute Gasteiger partial charge is 0.494 e. The maximum atomic E-state index is 14.0. The number of ether oxygens (including phenoxy) is 2. The van der Waals surface area contributed by atoms with Crippen LogP contribution in [0.4, 0.5) is 0 Å². The van der Waals surface area contributed by atoms with Crippen molar-refractivity contribution in [3.63, 3.8) is 0 Å². The predicted octanol–water partition coefficient (Wildman–Crippen LogP) is 4.73. The lowest BCUT2D eigenvalue weighted by molar-refractivity contribution is -0.136. The van der Waals surface area contributed by atoms with E-state index in [1.54, 1.807) is 42.1 Å². The van der Waals surface area contributed by atoms with Gasteiger partial charge >= 0.3 is 0 Å². The van der Waals surface area contributed by atoms with E-state index in [9.17, 15) is 18.4 Å². The summed E-state index contributed by atoms with van der Waals surface area (Å²) in [6, 6.07) is 8.61. The van der Waals surface area contributed by atoms with Crippen LogP contribution in [0.5, 0.6) is 5.75 Å². The van der Waals surface area contributed by atoms with Crippen molar-refractivity contribution in [2.45, 2.75) is 82.4 Å². The van der Waals surface area contributed by atoms with Crippen LogP contribution in [-0.4, -0.2) is 54.2 Å². The minimum atomic E-state index is -4.12. The molecule has 1 atom stereocenters. The monoisotopic (exact) mass is 569 g/mol. The summed E-state index contributed by atoms with van der Waals surface area (Å²) in [5.41, 5.74) is 2.42. The molecule has 212 valence electrons. The number of hydrogen-bond acceptors (Lipinski definition) is 7. The Hall–Kier alpha value is -2.24. The zero-order chi connectivity index (χ0) is 26.7. The fourth-order valence-electron chi connectivity index (χ4n) is 4.68. The van der Waals surface area contributed by atoms with E-state index < -0.39 is 22.0 Å². The van der Waals surface area contributed by atoms with Gasteiger partial charge in [-0.25, -0.2) is 13.9 Å². The number of sulfonamides is 1. The topological polar surface area (TPSA) is 118 Å². The molecule has 0 saturated heterocycles. The number of hydroxylamine groups is 1. The van der Waals surface area contributed by atoms with Gasteiger partial charge in [0, 0.05) is 25.5 Å². The third kappa shape index (κ3) is 8.64. The first-order valence-electron chi connectivity index (χ1n) is 13.1. The van der Waals surface area contributed by atoms with E-state index in [1.165, 1.54) is 16.4 Å². The van der Waals surface area contributed by atoms with Crippen molar-refractivity contribution in [2.24, 2.45) is 5.92 Å². The van der Waals surface area contributed by atoms with Gasteiger partial charge in [0.15, 0.2) is 0 Å². The second kappa shape index (κ2) is 16.0. The highest BCUT2D eigenvalue weighted by Crippen LogP contribution is 2.34. The standard InChI is InChI=1S/C27H39N3O6S.ClH/c1-3-5-19-36-24-10-12-25(13-11-24)37(33,34)30(20-21-14-16-28-17-15-21)26(27(31)29-32)22-6-8-23(9-7-22)35-18-4-2;/h10-17,22-23,26,32H,3-9,18-20H2,1-2H3,(H,29,31);1H/t22?,23?,26-;/m1./s1. The normalized spacial score (nSPS) is 18.4.